The Morgan fingerprint density at radius 1 is 0.875 bits per heavy atom. The number of morpholine rings is 1. The highest BCUT2D eigenvalue weighted by Gasteiger charge is 2.22. The van der Waals surface area contributed by atoms with E-state index in [1.54, 1.807) is 0 Å². The number of nitrogens with zero attached hydrogens (tertiary/aromatic N) is 5. The van der Waals surface area contributed by atoms with E-state index in [1.165, 1.54) is 0 Å². The number of nitrogens with one attached hydrogen (secondary N) is 1. The zero-order valence-corrected chi connectivity index (χ0v) is 17.6. The van der Waals surface area contributed by atoms with Crippen molar-refractivity contribution < 1.29 is 9.47 Å². The molecule has 6 rings (SSSR count). The average molecular weight is 428 g/mol. The summed E-state index contributed by atoms with van der Waals surface area (Å²) < 4.78 is 12.8. The molecule has 0 radical (unpaired) electrons. The van der Waals surface area contributed by atoms with Gasteiger partial charge in [0.2, 0.25) is 0 Å². The fraction of sp³-hybridized carbons (Fsp3) is 0.292. The Balaban J connectivity index is 1.24. The number of hydrogen-bond donors (Lipinski definition) is 1. The highest BCUT2D eigenvalue weighted by atomic mass is 16.5. The quantitative estimate of drug-likeness (QED) is 0.520. The van der Waals surface area contributed by atoms with Crippen LogP contribution in [0, 0.1) is 0 Å². The molecular weight excluding hydrogens is 404 g/mol. The predicted molar refractivity (Wildman–Crippen MR) is 123 cm³/mol. The molecule has 0 amide bonds. The molecule has 3 aromatic heterocycles. The number of hydrogen-bond acceptors (Lipinski definition) is 7. The Morgan fingerprint density at radius 2 is 1.72 bits per heavy atom. The van der Waals surface area contributed by atoms with Crippen LogP contribution in [0.25, 0.3) is 22.0 Å². The zero-order valence-electron chi connectivity index (χ0n) is 17.6. The monoisotopic (exact) mass is 428 g/mol. The maximum absolute atomic E-state index is 5.44. The molecule has 1 aromatic carbocycles. The molecule has 1 N–H and O–H groups in total. The van der Waals surface area contributed by atoms with E-state index >= 15 is 0 Å². The molecule has 0 atom stereocenters. The molecule has 5 heterocycles. The summed E-state index contributed by atoms with van der Waals surface area (Å²) in [6, 6.07) is 14.9. The van der Waals surface area contributed by atoms with Gasteiger partial charge in [0.15, 0.2) is 0 Å². The van der Waals surface area contributed by atoms with Crippen molar-refractivity contribution in [2.75, 3.05) is 49.7 Å². The van der Waals surface area contributed by atoms with E-state index in [-0.39, 0.29) is 0 Å². The van der Waals surface area contributed by atoms with Crippen LogP contribution in [0.2, 0.25) is 0 Å². The number of benzene rings is 1. The minimum Gasteiger partial charge on any atom is -0.378 e. The largest absolute Gasteiger partial charge is 0.378 e. The van der Waals surface area contributed by atoms with Gasteiger partial charge in [-0.2, -0.15) is 5.10 Å². The van der Waals surface area contributed by atoms with Crippen molar-refractivity contribution >= 4 is 28.2 Å². The number of rotatable bonds is 5. The van der Waals surface area contributed by atoms with Crippen LogP contribution in [0.3, 0.4) is 0 Å². The van der Waals surface area contributed by atoms with E-state index < -0.39 is 0 Å². The standard InChI is InChI=1S/C24H24N6O2/c1-2-22-19(14-27-30(22)21-15-32-16-21)11-17(1)18-3-5-25-23(12-18)28-20-4-6-26-24(13-20)29-7-9-31-10-8-29/h1-6,11-14,21H,7-10,15-16H2,(H,25,26,28). The Kier molecular flexibility index (Phi) is 4.93. The van der Waals surface area contributed by atoms with Gasteiger partial charge in [0.05, 0.1) is 44.2 Å². The fourth-order valence-corrected chi connectivity index (χ4v) is 4.18. The molecule has 2 aliphatic heterocycles. The van der Waals surface area contributed by atoms with E-state index in [0.717, 1.165) is 78.9 Å². The van der Waals surface area contributed by atoms with Gasteiger partial charge in [0.25, 0.3) is 0 Å². The van der Waals surface area contributed by atoms with Crippen LogP contribution < -0.4 is 10.2 Å². The van der Waals surface area contributed by atoms with Gasteiger partial charge in [-0.05, 0) is 41.5 Å². The summed E-state index contributed by atoms with van der Waals surface area (Å²) in [7, 11) is 0. The third-order valence-electron chi connectivity index (χ3n) is 6.01. The van der Waals surface area contributed by atoms with E-state index in [9.17, 15) is 0 Å². The predicted octanol–water partition coefficient (Wildman–Crippen LogP) is 3.64. The van der Waals surface area contributed by atoms with Crippen molar-refractivity contribution in [1.82, 2.24) is 19.7 Å². The van der Waals surface area contributed by atoms with Gasteiger partial charge in [-0.1, -0.05) is 6.07 Å². The lowest BCUT2D eigenvalue weighted by molar-refractivity contribution is -0.0266. The summed E-state index contributed by atoms with van der Waals surface area (Å²) >= 11 is 0. The van der Waals surface area contributed by atoms with Crippen LogP contribution in [-0.4, -0.2) is 59.3 Å². The number of pyridine rings is 2. The van der Waals surface area contributed by atoms with E-state index in [1.807, 2.05) is 30.7 Å². The maximum Gasteiger partial charge on any atom is 0.130 e. The van der Waals surface area contributed by atoms with Crippen molar-refractivity contribution in [1.29, 1.82) is 0 Å². The summed E-state index contributed by atoms with van der Waals surface area (Å²) in [6.07, 6.45) is 5.60. The van der Waals surface area contributed by atoms with Gasteiger partial charge < -0.3 is 19.7 Å². The van der Waals surface area contributed by atoms with Gasteiger partial charge in [0, 0.05) is 42.6 Å². The molecule has 162 valence electrons. The summed E-state index contributed by atoms with van der Waals surface area (Å²) in [5, 5.41) is 9.12. The Hall–Kier alpha value is -3.49. The van der Waals surface area contributed by atoms with E-state index in [4.69, 9.17) is 9.47 Å². The van der Waals surface area contributed by atoms with Crippen LogP contribution in [0.15, 0.2) is 61.1 Å². The van der Waals surface area contributed by atoms with Crippen molar-refractivity contribution in [3.63, 3.8) is 0 Å². The summed E-state index contributed by atoms with van der Waals surface area (Å²) in [5.74, 6) is 1.75. The van der Waals surface area contributed by atoms with Crippen molar-refractivity contribution in [2.45, 2.75) is 6.04 Å². The molecule has 8 nitrogen and oxygen atoms in total. The third kappa shape index (κ3) is 3.68. The zero-order chi connectivity index (χ0) is 21.3. The van der Waals surface area contributed by atoms with Gasteiger partial charge in [-0.15, -0.1) is 0 Å². The summed E-state index contributed by atoms with van der Waals surface area (Å²) in [5.41, 5.74) is 4.34. The van der Waals surface area contributed by atoms with Crippen LogP contribution >= 0.6 is 0 Å². The fourth-order valence-electron chi connectivity index (χ4n) is 4.18. The Bertz CT molecular complexity index is 1250. The van der Waals surface area contributed by atoms with Crippen molar-refractivity contribution in [3.8, 4) is 11.1 Å². The van der Waals surface area contributed by atoms with Gasteiger partial charge >= 0.3 is 0 Å². The van der Waals surface area contributed by atoms with Crippen LogP contribution in [0.5, 0.6) is 0 Å². The molecular formula is C24H24N6O2. The number of aromatic nitrogens is 4. The molecule has 2 saturated heterocycles. The molecule has 0 unspecified atom stereocenters. The Morgan fingerprint density at radius 3 is 2.56 bits per heavy atom. The maximum atomic E-state index is 5.44. The first-order valence-electron chi connectivity index (χ1n) is 10.9. The lowest BCUT2D eigenvalue weighted by Crippen LogP contribution is -2.36. The second-order valence-electron chi connectivity index (χ2n) is 8.11. The SMILES string of the molecule is c1cc(-c2ccc3c(cnn3C3COC3)c2)cc(Nc2ccnc(N3CCOCC3)c2)n1. The van der Waals surface area contributed by atoms with Gasteiger partial charge in [-0.3, -0.25) is 4.68 Å². The van der Waals surface area contributed by atoms with Crippen molar-refractivity contribution in [3.05, 3.63) is 61.1 Å². The second-order valence-corrected chi connectivity index (χ2v) is 8.11. The van der Waals surface area contributed by atoms with Crippen LogP contribution in [-0.2, 0) is 9.47 Å². The van der Waals surface area contributed by atoms with E-state index in [0.29, 0.717) is 6.04 Å². The highest BCUT2D eigenvalue weighted by Crippen LogP contribution is 2.29. The number of fused-ring (bicyclic) bond motifs is 1. The smallest absolute Gasteiger partial charge is 0.130 e. The minimum absolute atomic E-state index is 0.345. The minimum atomic E-state index is 0.345. The second kappa shape index (κ2) is 8.22. The van der Waals surface area contributed by atoms with Crippen LogP contribution in [0.4, 0.5) is 17.3 Å². The molecule has 4 aromatic rings. The third-order valence-corrected chi connectivity index (χ3v) is 6.01. The molecule has 2 fully saturated rings. The summed E-state index contributed by atoms with van der Waals surface area (Å²) in [4.78, 5) is 11.3. The molecule has 8 heteroatoms. The number of ether oxygens (including phenoxy) is 2. The molecule has 0 saturated carbocycles. The molecule has 32 heavy (non-hydrogen) atoms. The topological polar surface area (TPSA) is 77.3 Å². The molecule has 0 spiro atoms. The highest BCUT2D eigenvalue weighted by molar-refractivity contribution is 5.85. The first-order valence-corrected chi connectivity index (χ1v) is 10.9. The first-order chi connectivity index (χ1) is 15.8. The Labute approximate surface area is 185 Å². The van der Waals surface area contributed by atoms with Crippen LogP contribution in [0.1, 0.15) is 6.04 Å². The van der Waals surface area contributed by atoms with Crippen molar-refractivity contribution in [2.24, 2.45) is 0 Å². The normalized spacial score (nSPS) is 16.8. The van der Waals surface area contributed by atoms with E-state index in [2.05, 4.69) is 60.3 Å². The molecule has 0 aliphatic carbocycles. The average Bonchev–Trinajstić information content (AvgIpc) is 3.22. The van der Waals surface area contributed by atoms with Gasteiger partial charge in [-0.25, -0.2) is 9.97 Å². The lowest BCUT2D eigenvalue weighted by Gasteiger charge is -2.28. The van der Waals surface area contributed by atoms with Gasteiger partial charge in [0.1, 0.15) is 11.6 Å². The lowest BCUT2D eigenvalue weighted by atomic mass is 10.0. The molecule has 0 bridgehead atoms. The first kappa shape index (κ1) is 19.2. The molecule has 2 aliphatic rings. The number of anilines is 3. The summed E-state index contributed by atoms with van der Waals surface area (Å²) in [6.45, 7) is 4.66.